The van der Waals surface area contributed by atoms with Crippen molar-refractivity contribution < 1.29 is 13.2 Å². The van der Waals surface area contributed by atoms with E-state index < -0.39 is 11.7 Å². The van der Waals surface area contributed by atoms with Gasteiger partial charge in [-0.25, -0.2) is 0 Å². The Bertz CT molecular complexity index is 813. The molecule has 0 bridgehead atoms. The lowest BCUT2D eigenvalue weighted by molar-refractivity contribution is -0.138. The molecular formula is C23H27F3N2. The van der Waals surface area contributed by atoms with Gasteiger partial charge < -0.3 is 10.3 Å². The monoisotopic (exact) mass is 388 g/mol. The van der Waals surface area contributed by atoms with Gasteiger partial charge in [-0.05, 0) is 67.2 Å². The Kier molecular flexibility index (Phi) is 5.11. The SMILES string of the molecule is CC1CCC(N2CCC(c3ccccc3C(F)(F)F)CC2)=C2CC2/C=C\C1=N. The molecule has 2 nitrogen and oxygen atoms in total. The zero-order valence-corrected chi connectivity index (χ0v) is 16.2. The van der Waals surface area contributed by atoms with Crippen LogP contribution in [0.2, 0.25) is 0 Å². The number of nitrogens with one attached hydrogen (secondary N) is 1. The first-order valence-electron chi connectivity index (χ1n) is 10.2. The van der Waals surface area contributed by atoms with Gasteiger partial charge in [0.05, 0.1) is 5.56 Å². The smallest absolute Gasteiger partial charge is 0.375 e. The van der Waals surface area contributed by atoms with E-state index in [2.05, 4.69) is 17.9 Å². The first kappa shape index (κ1) is 19.3. The van der Waals surface area contributed by atoms with Gasteiger partial charge in [0.15, 0.2) is 0 Å². The lowest BCUT2D eigenvalue weighted by Gasteiger charge is -2.36. The summed E-state index contributed by atoms with van der Waals surface area (Å²) < 4.78 is 40.1. The standard InChI is InChI=1S/C23H27F3N2/c1-15-6-9-22(19-14-17(19)7-8-21(15)27)28-12-10-16(11-13-28)18-4-2-3-5-20(18)23(24,25)26/h2-5,7-8,15-17,27H,6,9-14H2,1H3/b8-7-,22-19?,27-21?. The van der Waals surface area contributed by atoms with E-state index in [0.717, 1.165) is 45.2 Å². The summed E-state index contributed by atoms with van der Waals surface area (Å²) in [6, 6.07) is 6.06. The minimum atomic E-state index is -4.29. The van der Waals surface area contributed by atoms with E-state index in [1.165, 1.54) is 23.4 Å². The molecule has 1 aliphatic heterocycles. The Hall–Kier alpha value is -2.04. The van der Waals surface area contributed by atoms with Gasteiger partial charge in [-0.2, -0.15) is 13.2 Å². The van der Waals surface area contributed by atoms with E-state index in [0.29, 0.717) is 17.2 Å². The highest BCUT2D eigenvalue weighted by molar-refractivity contribution is 5.94. The third-order valence-electron chi connectivity index (χ3n) is 6.53. The van der Waals surface area contributed by atoms with Gasteiger partial charge in [-0.15, -0.1) is 0 Å². The summed E-state index contributed by atoms with van der Waals surface area (Å²) in [4.78, 5) is 2.41. The number of alkyl halides is 3. The Morgan fingerprint density at radius 2 is 1.79 bits per heavy atom. The van der Waals surface area contributed by atoms with Crippen LogP contribution in [-0.2, 0) is 6.18 Å². The Balaban J connectivity index is 1.48. The molecule has 2 aliphatic carbocycles. The van der Waals surface area contributed by atoms with Gasteiger partial charge in [0.25, 0.3) is 0 Å². The fourth-order valence-corrected chi connectivity index (χ4v) is 4.68. The van der Waals surface area contributed by atoms with Crippen molar-refractivity contribution >= 4 is 5.71 Å². The molecule has 1 N–H and O–H groups in total. The van der Waals surface area contributed by atoms with Gasteiger partial charge in [-0.1, -0.05) is 31.2 Å². The number of benzene rings is 1. The molecule has 2 fully saturated rings. The first-order valence-corrected chi connectivity index (χ1v) is 10.2. The number of likely N-dealkylation sites (tertiary alicyclic amines) is 1. The van der Waals surface area contributed by atoms with E-state index >= 15 is 0 Å². The van der Waals surface area contributed by atoms with Crippen molar-refractivity contribution in [2.24, 2.45) is 11.8 Å². The average Bonchev–Trinajstić information content (AvgIpc) is 3.44. The van der Waals surface area contributed by atoms with Crippen molar-refractivity contribution in [3.63, 3.8) is 0 Å². The minimum Gasteiger partial charge on any atom is -0.375 e. The van der Waals surface area contributed by atoms with E-state index in [4.69, 9.17) is 5.41 Å². The van der Waals surface area contributed by atoms with Crippen LogP contribution in [0, 0.1) is 17.2 Å². The van der Waals surface area contributed by atoms with Crippen LogP contribution in [0.5, 0.6) is 0 Å². The highest BCUT2D eigenvalue weighted by Gasteiger charge is 2.37. The van der Waals surface area contributed by atoms with Crippen LogP contribution in [0.1, 0.15) is 56.1 Å². The van der Waals surface area contributed by atoms with Crippen LogP contribution >= 0.6 is 0 Å². The van der Waals surface area contributed by atoms with Crippen molar-refractivity contribution in [2.45, 2.75) is 51.1 Å². The summed E-state index contributed by atoms with van der Waals surface area (Å²) >= 11 is 0. The van der Waals surface area contributed by atoms with E-state index in [-0.39, 0.29) is 11.8 Å². The maximum Gasteiger partial charge on any atom is 0.416 e. The second kappa shape index (κ2) is 7.41. The molecule has 0 radical (unpaired) electrons. The summed E-state index contributed by atoms with van der Waals surface area (Å²) in [5.74, 6) is 0.683. The summed E-state index contributed by atoms with van der Waals surface area (Å²) in [5, 5.41) is 8.13. The number of hydrogen-bond donors (Lipinski definition) is 1. The van der Waals surface area contributed by atoms with Crippen LogP contribution in [-0.4, -0.2) is 23.7 Å². The Morgan fingerprint density at radius 1 is 1.07 bits per heavy atom. The molecule has 2 atom stereocenters. The number of nitrogens with zero attached hydrogens (tertiary/aromatic N) is 1. The molecule has 150 valence electrons. The Morgan fingerprint density at radius 3 is 2.50 bits per heavy atom. The molecule has 1 saturated carbocycles. The largest absolute Gasteiger partial charge is 0.416 e. The van der Waals surface area contributed by atoms with Crippen molar-refractivity contribution in [2.75, 3.05) is 13.1 Å². The topological polar surface area (TPSA) is 27.1 Å². The van der Waals surface area contributed by atoms with Crippen molar-refractivity contribution in [1.82, 2.24) is 4.90 Å². The number of rotatable bonds is 2. The second-order valence-corrected chi connectivity index (χ2v) is 8.38. The summed E-state index contributed by atoms with van der Waals surface area (Å²) in [7, 11) is 0. The Labute approximate surface area is 164 Å². The molecule has 3 aliphatic rings. The van der Waals surface area contributed by atoms with Crippen LogP contribution in [0.4, 0.5) is 13.2 Å². The maximum absolute atomic E-state index is 13.4. The summed E-state index contributed by atoms with van der Waals surface area (Å²) in [6.45, 7) is 3.74. The van der Waals surface area contributed by atoms with Gasteiger partial charge >= 0.3 is 6.18 Å². The quantitative estimate of drug-likeness (QED) is 0.645. The van der Waals surface area contributed by atoms with Gasteiger partial charge in [0, 0.05) is 30.4 Å². The number of piperidine rings is 1. The van der Waals surface area contributed by atoms with Crippen LogP contribution < -0.4 is 0 Å². The summed E-state index contributed by atoms with van der Waals surface area (Å²) in [6.07, 6.45) is 4.37. The molecule has 1 heterocycles. The highest BCUT2D eigenvalue weighted by atomic mass is 19.4. The zero-order valence-electron chi connectivity index (χ0n) is 16.2. The molecule has 1 aromatic rings. The molecule has 2 unspecified atom stereocenters. The lowest BCUT2D eigenvalue weighted by Crippen LogP contribution is -2.33. The van der Waals surface area contributed by atoms with Gasteiger partial charge in [-0.3, -0.25) is 0 Å². The molecule has 4 rings (SSSR count). The van der Waals surface area contributed by atoms with E-state index in [1.54, 1.807) is 12.1 Å². The number of hydrogen-bond acceptors (Lipinski definition) is 2. The van der Waals surface area contributed by atoms with Crippen molar-refractivity contribution in [3.05, 3.63) is 58.8 Å². The molecule has 1 aromatic carbocycles. The van der Waals surface area contributed by atoms with E-state index in [9.17, 15) is 13.2 Å². The molecule has 0 aromatic heterocycles. The molecular weight excluding hydrogens is 361 g/mol. The van der Waals surface area contributed by atoms with Crippen LogP contribution in [0.15, 0.2) is 47.7 Å². The zero-order chi connectivity index (χ0) is 19.9. The number of allylic oxidation sites excluding steroid dienone is 4. The minimum absolute atomic E-state index is 0.0296. The maximum atomic E-state index is 13.4. The molecule has 5 heteroatoms. The number of fused-ring (bicyclic) bond motifs is 1. The average molecular weight is 388 g/mol. The highest BCUT2D eigenvalue weighted by Crippen LogP contribution is 2.46. The molecule has 0 amide bonds. The van der Waals surface area contributed by atoms with Crippen LogP contribution in [0.3, 0.4) is 0 Å². The lowest BCUT2D eigenvalue weighted by atomic mass is 9.86. The predicted molar refractivity (Wildman–Crippen MR) is 105 cm³/mol. The van der Waals surface area contributed by atoms with Crippen molar-refractivity contribution in [1.29, 1.82) is 5.41 Å². The number of halogens is 3. The normalized spacial score (nSPS) is 27.7. The van der Waals surface area contributed by atoms with Gasteiger partial charge in [0.1, 0.15) is 0 Å². The van der Waals surface area contributed by atoms with Gasteiger partial charge in [0.2, 0.25) is 0 Å². The fourth-order valence-electron chi connectivity index (χ4n) is 4.68. The third-order valence-corrected chi connectivity index (χ3v) is 6.53. The predicted octanol–water partition coefficient (Wildman–Crippen LogP) is 6.16. The molecule has 0 spiro atoms. The fraction of sp³-hybridized carbons (Fsp3) is 0.522. The summed E-state index contributed by atoms with van der Waals surface area (Å²) in [5.41, 5.74) is 3.56. The van der Waals surface area contributed by atoms with E-state index in [1.807, 2.05) is 6.08 Å². The van der Waals surface area contributed by atoms with Crippen LogP contribution in [0.25, 0.3) is 0 Å². The molecule has 28 heavy (non-hydrogen) atoms. The molecule has 1 saturated heterocycles. The first-order chi connectivity index (χ1) is 13.3. The second-order valence-electron chi connectivity index (χ2n) is 8.38. The third kappa shape index (κ3) is 3.89. The van der Waals surface area contributed by atoms with Crippen molar-refractivity contribution in [3.8, 4) is 0 Å².